The highest BCUT2D eigenvalue weighted by molar-refractivity contribution is 6.00. The molecule has 6 nitrogen and oxygen atoms in total. The van der Waals surface area contributed by atoms with Crippen LogP contribution in [0.5, 0.6) is 5.75 Å². The maximum absolute atomic E-state index is 13.2. The Morgan fingerprint density at radius 3 is 2.52 bits per heavy atom. The van der Waals surface area contributed by atoms with Crippen LogP contribution in [0.25, 0.3) is 11.4 Å². The SMILES string of the molecule is CC1(C)CC(=O)C2=C(C1)Nc1nc(-c3ccccc3)nn1[C@@H]2c1ccc(O)cc1. The number of benzene rings is 2. The third kappa shape index (κ3) is 3.01. The van der Waals surface area contributed by atoms with Crippen LogP contribution in [-0.4, -0.2) is 25.7 Å². The molecule has 1 aliphatic carbocycles. The molecule has 2 aromatic carbocycles. The average Bonchev–Trinajstić information content (AvgIpc) is 3.10. The smallest absolute Gasteiger partial charge is 0.226 e. The third-order valence-corrected chi connectivity index (χ3v) is 5.57. The monoisotopic (exact) mass is 386 g/mol. The van der Waals surface area contributed by atoms with Gasteiger partial charge in [0.1, 0.15) is 11.8 Å². The number of carbonyl (C=O) groups is 1. The molecule has 29 heavy (non-hydrogen) atoms. The highest BCUT2D eigenvalue weighted by atomic mass is 16.3. The molecule has 2 heterocycles. The van der Waals surface area contributed by atoms with Crippen LogP contribution in [0.1, 0.15) is 38.3 Å². The van der Waals surface area contributed by atoms with Crippen LogP contribution in [0.3, 0.4) is 0 Å². The molecule has 3 aromatic rings. The number of Topliss-reactive ketones (excluding diaryl/α,β-unsaturated/α-hetero) is 1. The van der Waals surface area contributed by atoms with Gasteiger partial charge < -0.3 is 10.4 Å². The molecular formula is C23H22N4O2. The minimum Gasteiger partial charge on any atom is -0.508 e. The Labute approximate surface area is 168 Å². The van der Waals surface area contributed by atoms with Gasteiger partial charge in [-0.25, -0.2) is 4.68 Å². The molecule has 2 aliphatic rings. The molecule has 1 aliphatic heterocycles. The van der Waals surface area contributed by atoms with E-state index in [1.165, 1.54) is 0 Å². The number of carbonyl (C=O) groups excluding carboxylic acids is 1. The second-order valence-corrected chi connectivity index (χ2v) is 8.52. The van der Waals surface area contributed by atoms with Crippen LogP contribution >= 0.6 is 0 Å². The summed E-state index contributed by atoms with van der Waals surface area (Å²) in [5, 5.41) is 17.9. The summed E-state index contributed by atoms with van der Waals surface area (Å²) >= 11 is 0. The molecule has 0 bridgehead atoms. The van der Waals surface area contributed by atoms with Gasteiger partial charge in [0.2, 0.25) is 5.95 Å². The average molecular weight is 386 g/mol. The summed E-state index contributed by atoms with van der Waals surface area (Å²) in [4.78, 5) is 17.9. The number of rotatable bonds is 2. The second-order valence-electron chi connectivity index (χ2n) is 8.52. The fourth-order valence-corrected chi connectivity index (χ4v) is 4.28. The van der Waals surface area contributed by atoms with Gasteiger partial charge in [0.25, 0.3) is 0 Å². The summed E-state index contributed by atoms with van der Waals surface area (Å²) in [7, 11) is 0. The highest BCUT2D eigenvalue weighted by Crippen LogP contribution is 2.45. The van der Waals surface area contributed by atoms with Crippen molar-refractivity contribution in [2.75, 3.05) is 5.32 Å². The number of allylic oxidation sites excluding steroid dienone is 2. The first kappa shape index (κ1) is 17.7. The van der Waals surface area contributed by atoms with E-state index in [-0.39, 0.29) is 23.0 Å². The van der Waals surface area contributed by atoms with Crippen molar-refractivity contribution in [3.8, 4) is 17.1 Å². The Balaban J connectivity index is 1.69. The van der Waals surface area contributed by atoms with Gasteiger partial charge in [-0.1, -0.05) is 56.3 Å². The number of nitrogens with one attached hydrogen (secondary N) is 1. The first-order valence-corrected chi connectivity index (χ1v) is 9.75. The van der Waals surface area contributed by atoms with Gasteiger partial charge in [-0.3, -0.25) is 4.79 Å². The normalized spacial score (nSPS) is 20.1. The van der Waals surface area contributed by atoms with E-state index in [0.717, 1.165) is 28.8 Å². The maximum Gasteiger partial charge on any atom is 0.226 e. The highest BCUT2D eigenvalue weighted by Gasteiger charge is 2.41. The number of hydrogen-bond donors (Lipinski definition) is 2. The second kappa shape index (κ2) is 6.30. The topological polar surface area (TPSA) is 80.0 Å². The van der Waals surface area contributed by atoms with Crippen molar-refractivity contribution in [1.82, 2.24) is 14.8 Å². The van der Waals surface area contributed by atoms with Crippen molar-refractivity contribution in [1.29, 1.82) is 0 Å². The Kier molecular flexibility index (Phi) is 3.84. The van der Waals surface area contributed by atoms with Gasteiger partial charge in [0, 0.05) is 23.3 Å². The molecule has 146 valence electrons. The van der Waals surface area contributed by atoms with E-state index in [9.17, 15) is 9.90 Å². The van der Waals surface area contributed by atoms with Crippen molar-refractivity contribution >= 4 is 11.7 Å². The van der Waals surface area contributed by atoms with Crippen molar-refractivity contribution in [3.05, 3.63) is 71.4 Å². The zero-order valence-electron chi connectivity index (χ0n) is 16.4. The Bertz CT molecular complexity index is 1130. The number of anilines is 1. The van der Waals surface area contributed by atoms with Crippen LogP contribution in [0.4, 0.5) is 5.95 Å². The molecule has 5 rings (SSSR count). The Morgan fingerprint density at radius 2 is 1.79 bits per heavy atom. The zero-order valence-corrected chi connectivity index (χ0v) is 16.4. The fraction of sp³-hybridized carbons (Fsp3) is 0.261. The molecule has 0 saturated heterocycles. The first-order chi connectivity index (χ1) is 13.9. The van der Waals surface area contributed by atoms with Gasteiger partial charge in [-0.15, -0.1) is 5.10 Å². The summed E-state index contributed by atoms with van der Waals surface area (Å²) in [5.74, 6) is 1.57. The lowest BCUT2D eigenvalue weighted by Crippen LogP contribution is -2.36. The summed E-state index contributed by atoms with van der Waals surface area (Å²) in [6, 6.07) is 16.4. The third-order valence-electron chi connectivity index (χ3n) is 5.57. The minimum atomic E-state index is -0.365. The molecule has 6 heteroatoms. The molecule has 0 unspecified atom stereocenters. The predicted octanol–water partition coefficient (Wildman–Crippen LogP) is 4.31. The van der Waals surface area contributed by atoms with Crippen LogP contribution < -0.4 is 5.32 Å². The summed E-state index contributed by atoms with van der Waals surface area (Å²) in [5.41, 5.74) is 3.38. The number of ketones is 1. The van der Waals surface area contributed by atoms with Crippen LogP contribution in [-0.2, 0) is 4.79 Å². The fourth-order valence-electron chi connectivity index (χ4n) is 4.28. The lowest BCUT2D eigenvalue weighted by Gasteiger charge is -2.38. The molecule has 0 spiro atoms. The van der Waals surface area contributed by atoms with Crippen molar-refractivity contribution in [3.63, 3.8) is 0 Å². The lowest BCUT2D eigenvalue weighted by atomic mass is 9.73. The molecule has 1 atom stereocenters. The number of nitrogens with zero attached hydrogens (tertiary/aromatic N) is 3. The maximum atomic E-state index is 13.2. The largest absolute Gasteiger partial charge is 0.508 e. The van der Waals surface area contributed by atoms with E-state index in [1.807, 2.05) is 42.5 Å². The molecule has 1 aromatic heterocycles. The standard InChI is InChI=1S/C23H22N4O2/c1-23(2)12-17-19(18(29)13-23)20(14-8-10-16(28)11-9-14)27-22(24-17)25-21(26-27)15-6-4-3-5-7-15/h3-11,20,28H,12-13H2,1-2H3,(H,24,25,26)/t20-/m1/s1. The number of aromatic hydroxyl groups is 1. The van der Waals surface area contributed by atoms with Gasteiger partial charge in [0.05, 0.1) is 0 Å². The zero-order chi connectivity index (χ0) is 20.2. The number of hydrogen-bond acceptors (Lipinski definition) is 5. The predicted molar refractivity (Wildman–Crippen MR) is 110 cm³/mol. The van der Waals surface area contributed by atoms with E-state index in [0.29, 0.717) is 18.2 Å². The molecule has 0 radical (unpaired) electrons. The molecule has 0 amide bonds. The van der Waals surface area contributed by atoms with Gasteiger partial charge in [0.15, 0.2) is 11.6 Å². The number of fused-ring (bicyclic) bond motifs is 1. The summed E-state index contributed by atoms with van der Waals surface area (Å²) in [6.45, 7) is 4.22. The molecular weight excluding hydrogens is 364 g/mol. The quantitative estimate of drug-likeness (QED) is 0.686. The molecule has 0 fully saturated rings. The lowest BCUT2D eigenvalue weighted by molar-refractivity contribution is -0.118. The number of phenolic OH excluding ortho intramolecular Hbond substituents is 1. The van der Waals surface area contributed by atoms with Crippen molar-refractivity contribution in [2.24, 2.45) is 5.41 Å². The summed E-state index contributed by atoms with van der Waals surface area (Å²) in [6.07, 6.45) is 1.27. The number of phenols is 1. The van der Waals surface area contributed by atoms with Gasteiger partial charge >= 0.3 is 0 Å². The first-order valence-electron chi connectivity index (χ1n) is 9.75. The van der Waals surface area contributed by atoms with Crippen molar-refractivity contribution in [2.45, 2.75) is 32.7 Å². The van der Waals surface area contributed by atoms with Crippen LogP contribution in [0, 0.1) is 5.41 Å². The van der Waals surface area contributed by atoms with Gasteiger partial charge in [-0.05, 0) is 29.5 Å². The Morgan fingerprint density at radius 1 is 1.07 bits per heavy atom. The minimum absolute atomic E-state index is 0.104. The molecule has 0 saturated carbocycles. The van der Waals surface area contributed by atoms with Gasteiger partial charge in [-0.2, -0.15) is 4.98 Å². The number of aromatic nitrogens is 3. The Hall–Kier alpha value is -3.41. The van der Waals surface area contributed by atoms with E-state index >= 15 is 0 Å². The van der Waals surface area contributed by atoms with E-state index in [4.69, 9.17) is 10.1 Å². The van der Waals surface area contributed by atoms with Crippen molar-refractivity contribution < 1.29 is 9.90 Å². The van der Waals surface area contributed by atoms with E-state index < -0.39 is 0 Å². The summed E-state index contributed by atoms with van der Waals surface area (Å²) < 4.78 is 1.80. The molecule has 2 N–H and O–H groups in total. The van der Waals surface area contributed by atoms with Crippen LogP contribution in [0.2, 0.25) is 0 Å². The van der Waals surface area contributed by atoms with E-state index in [1.54, 1.807) is 16.8 Å². The van der Waals surface area contributed by atoms with E-state index in [2.05, 4.69) is 19.2 Å². The van der Waals surface area contributed by atoms with Crippen LogP contribution in [0.15, 0.2) is 65.9 Å².